The minimum atomic E-state index is -1.89. The summed E-state index contributed by atoms with van der Waals surface area (Å²) in [6.07, 6.45) is 0. The molecule has 0 aliphatic heterocycles. The zero-order valence-electron chi connectivity index (χ0n) is 14.5. The molecule has 0 bridgehead atoms. The van der Waals surface area contributed by atoms with Crippen LogP contribution in [0.15, 0.2) is 0 Å². The van der Waals surface area contributed by atoms with E-state index in [1.165, 1.54) is 0 Å². The molecule has 0 atom stereocenters. The highest BCUT2D eigenvalue weighted by Crippen LogP contribution is 2.56. The van der Waals surface area contributed by atoms with Crippen molar-refractivity contribution in [2.45, 2.75) is 19.6 Å². The Labute approximate surface area is 218 Å². The summed E-state index contributed by atoms with van der Waals surface area (Å²) in [5.74, 6) is -1.89. The van der Waals surface area contributed by atoms with Crippen molar-refractivity contribution in [3.8, 4) is 0 Å². The van der Waals surface area contributed by atoms with Crippen LogP contribution in [0.5, 0.6) is 0 Å². The lowest BCUT2D eigenvalue weighted by Gasteiger charge is -2.37. The standard InChI is InChI=1S/C17H10Cl10O2/c1-3-28-17(29-4-2,5-7(18)11(22)15(26)12(23)8(5)19)6-9(20)13(24)16(27)14(25)10(6)21/h3-4H2,1-2H3. The van der Waals surface area contributed by atoms with Crippen molar-refractivity contribution in [2.75, 3.05) is 13.2 Å². The number of hydrogen-bond donors (Lipinski definition) is 0. The van der Waals surface area contributed by atoms with Gasteiger partial charge in [-0.25, -0.2) is 0 Å². The normalized spacial score (nSPS) is 12.0. The van der Waals surface area contributed by atoms with Gasteiger partial charge in [0, 0.05) is 13.2 Å². The number of halogens is 10. The molecule has 0 aromatic heterocycles. The Morgan fingerprint density at radius 3 is 0.862 bits per heavy atom. The third-order valence-corrected chi connectivity index (χ3v) is 8.33. The highest BCUT2D eigenvalue weighted by molar-refractivity contribution is 6.56. The molecule has 0 saturated carbocycles. The van der Waals surface area contributed by atoms with Crippen LogP contribution >= 0.6 is 116 Å². The summed E-state index contributed by atoms with van der Waals surface area (Å²) in [5, 5.41) is -0.689. The van der Waals surface area contributed by atoms with Gasteiger partial charge in [0.05, 0.1) is 61.4 Å². The van der Waals surface area contributed by atoms with E-state index < -0.39 is 5.79 Å². The average molecular weight is 601 g/mol. The van der Waals surface area contributed by atoms with E-state index in [0.29, 0.717) is 0 Å². The van der Waals surface area contributed by atoms with Crippen molar-refractivity contribution in [1.29, 1.82) is 0 Å². The molecule has 12 heteroatoms. The van der Waals surface area contributed by atoms with E-state index >= 15 is 0 Å². The summed E-state index contributed by atoms with van der Waals surface area (Å²) in [6, 6.07) is 0. The molecule has 0 spiro atoms. The van der Waals surface area contributed by atoms with Gasteiger partial charge in [-0.3, -0.25) is 0 Å². The summed E-state index contributed by atoms with van der Waals surface area (Å²) in [5.41, 5.74) is 0.0596. The van der Waals surface area contributed by atoms with Crippen molar-refractivity contribution in [3.63, 3.8) is 0 Å². The maximum absolute atomic E-state index is 6.50. The van der Waals surface area contributed by atoms with Gasteiger partial charge < -0.3 is 9.47 Å². The first-order valence-electron chi connectivity index (χ1n) is 7.79. The van der Waals surface area contributed by atoms with Crippen LogP contribution in [-0.2, 0) is 15.3 Å². The molecule has 2 aromatic rings. The summed E-state index contributed by atoms with van der Waals surface area (Å²) >= 11 is 63.3. The minimum absolute atomic E-state index is 0.0298. The van der Waals surface area contributed by atoms with Crippen LogP contribution in [-0.4, -0.2) is 13.2 Å². The largest absolute Gasteiger partial charge is 0.342 e. The zero-order valence-corrected chi connectivity index (χ0v) is 22.1. The molecule has 2 aromatic carbocycles. The fraction of sp³-hybridized carbons (Fsp3) is 0.294. The van der Waals surface area contributed by atoms with E-state index in [2.05, 4.69) is 0 Å². The van der Waals surface area contributed by atoms with Gasteiger partial charge >= 0.3 is 0 Å². The summed E-state index contributed by atoms with van der Waals surface area (Å²) in [7, 11) is 0. The zero-order chi connectivity index (χ0) is 22.3. The van der Waals surface area contributed by atoms with Crippen LogP contribution in [0.2, 0.25) is 50.2 Å². The maximum Gasteiger partial charge on any atom is 0.228 e. The average Bonchev–Trinajstić information content (AvgIpc) is 2.68. The van der Waals surface area contributed by atoms with E-state index in [1.54, 1.807) is 13.8 Å². The predicted octanol–water partition coefficient (Wildman–Crippen LogP) is 10.5. The topological polar surface area (TPSA) is 18.5 Å². The minimum Gasteiger partial charge on any atom is -0.342 e. The van der Waals surface area contributed by atoms with Gasteiger partial charge in [0.25, 0.3) is 0 Å². The molecular weight excluding hydrogens is 591 g/mol. The molecule has 0 aliphatic rings. The Kier molecular flexibility index (Phi) is 9.56. The molecule has 0 N–H and O–H groups in total. The SMILES string of the molecule is CCOC(OCC)(c1c(Cl)c(Cl)c(Cl)c(Cl)c1Cl)c1c(Cl)c(Cl)c(Cl)c(Cl)c1Cl. The first kappa shape index (κ1) is 26.5. The second kappa shape index (κ2) is 10.5. The molecule has 0 heterocycles. The van der Waals surface area contributed by atoms with Crippen LogP contribution in [0.25, 0.3) is 0 Å². The lowest BCUT2D eigenvalue weighted by atomic mass is 9.95. The van der Waals surface area contributed by atoms with Gasteiger partial charge in [-0.2, -0.15) is 0 Å². The van der Waals surface area contributed by atoms with Gasteiger partial charge in [-0.15, -0.1) is 0 Å². The van der Waals surface area contributed by atoms with Crippen LogP contribution in [0.3, 0.4) is 0 Å². The van der Waals surface area contributed by atoms with Gasteiger partial charge in [-0.1, -0.05) is 116 Å². The lowest BCUT2D eigenvalue weighted by Crippen LogP contribution is -2.36. The third-order valence-electron chi connectivity index (χ3n) is 3.77. The summed E-state index contributed by atoms with van der Waals surface area (Å²) < 4.78 is 12.0. The van der Waals surface area contributed by atoms with Crippen molar-refractivity contribution in [3.05, 3.63) is 61.4 Å². The highest BCUT2D eigenvalue weighted by atomic mass is 35.5. The van der Waals surface area contributed by atoms with Crippen molar-refractivity contribution < 1.29 is 9.47 Å². The Morgan fingerprint density at radius 2 is 0.655 bits per heavy atom. The molecular formula is C17H10Cl10O2. The van der Waals surface area contributed by atoms with Crippen LogP contribution in [0.1, 0.15) is 25.0 Å². The van der Waals surface area contributed by atoms with Crippen molar-refractivity contribution in [2.24, 2.45) is 0 Å². The number of hydrogen-bond acceptors (Lipinski definition) is 2. The third kappa shape index (κ3) is 4.53. The molecule has 2 nitrogen and oxygen atoms in total. The molecule has 0 amide bonds. The summed E-state index contributed by atoms with van der Waals surface area (Å²) in [4.78, 5) is 0. The van der Waals surface area contributed by atoms with Crippen LogP contribution < -0.4 is 0 Å². The molecule has 0 radical (unpaired) electrons. The monoisotopic (exact) mass is 596 g/mol. The quantitative estimate of drug-likeness (QED) is 0.187. The number of ether oxygens (including phenoxy) is 2. The first-order chi connectivity index (χ1) is 13.5. The Morgan fingerprint density at radius 1 is 0.448 bits per heavy atom. The molecule has 0 aliphatic carbocycles. The van der Waals surface area contributed by atoms with E-state index in [1.807, 2.05) is 0 Å². The van der Waals surface area contributed by atoms with Gasteiger partial charge in [0.2, 0.25) is 5.79 Å². The molecule has 0 saturated heterocycles. The number of rotatable bonds is 6. The van der Waals surface area contributed by atoms with Gasteiger partial charge in [0.15, 0.2) is 0 Å². The summed E-state index contributed by atoms with van der Waals surface area (Å²) in [6.45, 7) is 3.62. The van der Waals surface area contributed by atoms with Crippen LogP contribution in [0.4, 0.5) is 0 Å². The molecule has 29 heavy (non-hydrogen) atoms. The first-order valence-corrected chi connectivity index (χ1v) is 11.6. The fourth-order valence-electron chi connectivity index (χ4n) is 2.65. The highest BCUT2D eigenvalue weighted by Gasteiger charge is 2.46. The smallest absolute Gasteiger partial charge is 0.228 e. The second-order valence-corrected chi connectivity index (χ2v) is 9.15. The lowest BCUT2D eigenvalue weighted by molar-refractivity contribution is -0.212. The van der Waals surface area contributed by atoms with E-state index in [0.717, 1.165) is 0 Å². The Hall–Kier alpha value is 1.26. The number of benzene rings is 2. The van der Waals surface area contributed by atoms with E-state index in [-0.39, 0.29) is 74.6 Å². The van der Waals surface area contributed by atoms with Crippen LogP contribution in [0, 0.1) is 0 Å². The Bertz CT molecular complexity index is 825. The maximum atomic E-state index is 6.50. The van der Waals surface area contributed by atoms with Crippen molar-refractivity contribution >= 4 is 116 Å². The van der Waals surface area contributed by atoms with E-state index in [9.17, 15) is 0 Å². The van der Waals surface area contributed by atoms with Crippen molar-refractivity contribution in [1.82, 2.24) is 0 Å². The Balaban J connectivity index is 3.14. The molecule has 0 fully saturated rings. The molecule has 2 rings (SSSR count). The van der Waals surface area contributed by atoms with Gasteiger partial charge in [0.1, 0.15) is 0 Å². The van der Waals surface area contributed by atoms with Gasteiger partial charge in [-0.05, 0) is 13.8 Å². The molecule has 160 valence electrons. The van der Waals surface area contributed by atoms with E-state index in [4.69, 9.17) is 125 Å². The predicted molar refractivity (Wildman–Crippen MR) is 127 cm³/mol. The fourth-order valence-corrected chi connectivity index (χ4v) is 5.42. The second-order valence-electron chi connectivity index (χ2n) is 5.37. The molecule has 0 unspecified atom stereocenters.